The molecule has 0 spiro atoms. The van der Waals surface area contributed by atoms with Gasteiger partial charge in [-0.05, 0) is 38.5 Å². The Balaban J connectivity index is 2.65. The highest BCUT2D eigenvalue weighted by Gasteiger charge is 2.71. The van der Waals surface area contributed by atoms with Crippen molar-refractivity contribution in [2.75, 3.05) is 5.32 Å². The van der Waals surface area contributed by atoms with Gasteiger partial charge in [0, 0.05) is 16.8 Å². The van der Waals surface area contributed by atoms with Gasteiger partial charge in [0.05, 0.1) is 5.54 Å². The lowest BCUT2D eigenvalue weighted by Crippen LogP contribution is -2.54. The fourth-order valence-electron chi connectivity index (χ4n) is 2.69. The number of rotatable bonds is 1. The second-order valence-corrected chi connectivity index (χ2v) is 6.14. The molecular weight excluding hydrogens is 324 g/mol. The van der Waals surface area contributed by atoms with Gasteiger partial charge >= 0.3 is 12.4 Å². The third kappa shape index (κ3) is 2.80. The monoisotopic (exact) mass is 339 g/mol. The molecule has 0 saturated carbocycles. The van der Waals surface area contributed by atoms with Gasteiger partial charge < -0.3 is 10.4 Å². The third-order valence-corrected chi connectivity index (χ3v) is 3.72. The molecule has 0 saturated heterocycles. The van der Waals surface area contributed by atoms with Gasteiger partial charge in [-0.15, -0.1) is 0 Å². The highest BCUT2D eigenvalue weighted by atomic mass is 19.4. The van der Waals surface area contributed by atoms with Crippen molar-refractivity contribution in [1.82, 2.24) is 0 Å². The van der Waals surface area contributed by atoms with Crippen molar-refractivity contribution in [2.24, 2.45) is 0 Å². The van der Waals surface area contributed by atoms with Gasteiger partial charge in [0.1, 0.15) is 0 Å². The molecule has 1 heterocycles. The maximum atomic E-state index is 12.9. The molecule has 0 aromatic heterocycles. The van der Waals surface area contributed by atoms with Gasteiger partial charge in [0.2, 0.25) is 0 Å². The number of aliphatic hydroxyl groups is 1. The summed E-state index contributed by atoms with van der Waals surface area (Å²) in [5.41, 5.74) is -5.53. The molecule has 8 heteroatoms. The second-order valence-electron chi connectivity index (χ2n) is 6.14. The maximum Gasteiger partial charge on any atom is 0.430 e. The van der Waals surface area contributed by atoms with Crippen LogP contribution in [0.5, 0.6) is 0 Å². The van der Waals surface area contributed by atoms with Gasteiger partial charge in [0.25, 0.3) is 5.60 Å². The summed E-state index contributed by atoms with van der Waals surface area (Å²) in [6, 6.07) is 2.48. The summed E-state index contributed by atoms with van der Waals surface area (Å²) < 4.78 is 77.6. The molecule has 1 aromatic carbocycles. The lowest BCUT2D eigenvalue weighted by Gasteiger charge is -2.35. The van der Waals surface area contributed by atoms with E-state index in [2.05, 4.69) is 5.32 Å². The van der Waals surface area contributed by atoms with Crippen LogP contribution in [-0.4, -0.2) is 23.0 Å². The first-order chi connectivity index (χ1) is 10.2. The molecule has 128 valence electrons. The Kier molecular flexibility index (Phi) is 3.76. The van der Waals surface area contributed by atoms with Crippen LogP contribution in [0.2, 0.25) is 0 Å². The number of hydrogen-bond acceptors (Lipinski definition) is 2. The van der Waals surface area contributed by atoms with Crippen LogP contribution in [0.15, 0.2) is 24.3 Å². The Bertz CT molecular complexity index is 643. The minimum atomic E-state index is -5.89. The molecular formula is C15H15F6NO. The average Bonchev–Trinajstić information content (AvgIpc) is 2.33. The molecule has 0 bridgehead atoms. The highest BCUT2D eigenvalue weighted by Crippen LogP contribution is 2.51. The zero-order valence-corrected chi connectivity index (χ0v) is 12.5. The molecule has 1 aliphatic rings. The number of nitrogens with one attached hydrogen (secondary N) is 1. The summed E-state index contributed by atoms with van der Waals surface area (Å²) in [4.78, 5) is 0. The lowest BCUT2D eigenvalue weighted by atomic mass is 9.86. The van der Waals surface area contributed by atoms with Crippen LogP contribution in [0, 0.1) is 0 Å². The molecule has 1 aliphatic heterocycles. The van der Waals surface area contributed by atoms with Gasteiger partial charge in [-0.2, -0.15) is 26.3 Å². The van der Waals surface area contributed by atoms with E-state index < -0.39 is 29.1 Å². The topological polar surface area (TPSA) is 32.3 Å². The fraction of sp³-hybridized carbons (Fsp3) is 0.467. The Morgan fingerprint density at radius 3 is 2.00 bits per heavy atom. The predicted octanol–water partition coefficient (Wildman–Crippen LogP) is 4.61. The van der Waals surface area contributed by atoms with Crippen molar-refractivity contribution in [3.63, 3.8) is 0 Å². The molecule has 0 unspecified atom stereocenters. The summed E-state index contributed by atoms with van der Waals surface area (Å²) in [5.74, 6) is 0. The number of alkyl halides is 6. The molecule has 0 atom stereocenters. The normalized spacial score (nSPS) is 18.1. The molecule has 1 aromatic rings. The van der Waals surface area contributed by atoms with Crippen molar-refractivity contribution in [3.8, 4) is 0 Å². The largest absolute Gasteiger partial charge is 0.430 e. The quantitative estimate of drug-likeness (QED) is 0.733. The first kappa shape index (κ1) is 17.7. The predicted molar refractivity (Wildman–Crippen MR) is 73.8 cm³/mol. The van der Waals surface area contributed by atoms with E-state index in [1.807, 2.05) is 13.8 Å². The van der Waals surface area contributed by atoms with Gasteiger partial charge in [-0.3, -0.25) is 0 Å². The molecule has 2 rings (SSSR count). The molecule has 23 heavy (non-hydrogen) atoms. The van der Waals surface area contributed by atoms with Crippen LogP contribution in [0.1, 0.15) is 31.9 Å². The fourth-order valence-corrected chi connectivity index (χ4v) is 2.69. The van der Waals surface area contributed by atoms with Crippen molar-refractivity contribution in [3.05, 3.63) is 35.4 Å². The lowest BCUT2D eigenvalue weighted by molar-refractivity contribution is -0.376. The Hall–Kier alpha value is -1.70. The first-order valence-corrected chi connectivity index (χ1v) is 6.67. The van der Waals surface area contributed by atoms with E-state index in [0.717, 1.165) is 12.1 Å². The first-order valence-electron chi connectivity index (χ1n) is 6.67. The van der Waals surface area contributed by atoms with Crippen molar-refractivity contribution in [1.29, 1.82) is 0 Å². The van der Waals surface area contributed by atoms with Crippen LogP contribution < -0.4 is 5.32 Å². The van der Waals surface area contributed by atoms with E-state index in [4.69, 9.17) is 0 Å². The van der Waals surface area contributed by atoms with E-state index in [1.54, 1.807) is 13.0 Å². The van der Waals surface area contributed by atoms with E-state index in [1.165, 1.54) is 0 Å². The number of fused-ring (bicyclic) bond motifs is 1. The smallest absolute Gasteiger partial charge is 0.376 e. The molecule has 0 amide bonds. The van der Waals surface area contributed by atoms with Crippen LogP contribution in [-0.2, 0) is 5.60 Å². The van der Waals surface area contributed by atoms with Crippen LogP contribution in [0.4, 0.5) is 32.0 Å². The highest BCUT2D eigenvalue weighted by molar-refractivity contribution is 5.80. The van der Waals surface area contributed by atoms with Gasteiger partial charge in [-0.1, -0.05) is 12.1 Å². The summed E-state index contributed by atoms with van der Waals surface area (Å²) in [6.07, 6.45) is -10.1. The van der Waals surface area contributed by atoms with Crippen LogP contribution in [0.25, 0.3) is 5.57 Å². The summed E-state index contributed by atoms with van der Waals surface area (Å²) in [5, 5.41) is 12.5. The molecule has 0 radical (unpaired) electrons. The minimum absolute atomic E-state index is 0.189. The SMILES string of the molecule is CC1=CC(C)(C)Nc2ccc(C(O)(C(F)(F)F)C(F)(F)F)cc21. The Morgan fingerprint density at radius 2 is 1.52 bits per heavy atom. The maximum absolute atomic E-state index is 12.9. The van der Waals surface area contributed by atoms with E-state index >= 15 is 0 Å². The minimum Gasteiger partial charge on any atom is -0.376 e. The number of anilines is 1. The molecule has 2 N–H and O–H groups in total. The van der Waals surface area contributed by atoms with Crippen LogP contribution in [0.3, 0.4) is 0 Å². The second kappa shape index (κ2) is 4.90. The molecule has 0 fully saturated rings. The van der Waals surface area contributed by atoms with E-state index in [0.29, 0.717) is 17.3 Å². The van der Waals surface area contributed by atoms with Crippen molar-refractivity contribution < 1.29 is 31.4 Å². The van der Waals surface area contributed by atoms with Crippen LogP contribution >= 0.6 is 0 Å². The third-order valence-electron chi connectivity index (χ3n) is 3.72. The molecule has 2 nitrogen and oxygen atoms in total. The summed E-state index contributed by atoms with van der Waals surface area (Å²) >= 11 is 0. The number of hydrogen-bond donors (Lipinski definition) is 2. The van der Waals surface area contributed by atoms with Gasteiger partial charge in [-0.25, -0.2) is 0 Å². The zero-order chi connectivity index (χ0) is 17.8. The zero-order valence-electron chi connectivity index (χ0n) is 12.5. The van der Waals surface area contributed by atoms with Gasteiger partial charge in [0.15, 0.2) is 0 Å². The number of allylic oxidation sites excluding steroid dienone is 1. The number of halogens is 6. The Labute approximate surface area is 128 Å². The van der Waals surface area contributed by atoms with Crippen molar-refractivity contribution >= 4 is 11.3 Å². The van der Waals surface area contributed by atoms with E-state index in [-0.39, 0.29) is 5.56 Å². The van der Waals surface area contributed by atoms with E-state index in [9.17, 15) is 31.4 Å². The summed E-state index contributed by atoms with van der Waals surface area (Å²) in [6.45, 7) is 5.22. The standard InChI is InChI=1S/C15H15F6NO/c1-8-7-12(2,3)22-11-5-4-9(6-10(8)11)13(23,14(16,17)18)15(19,20)21/h4-7,22-23H,1-3H3. The molecule has 0 aliphatic carbocycles. The average molecular weight is 339 g/mol. The summed E-state index contributed by atoms with van der Waals surface area (Å²) in [7, 11) is 0. The van der Waals surface area contributed by atoms with Crippen molar-refractivity contribution in [2.45, 2.75) is 44.3 Å². The Morgan fingerprint density at radius 1 is 1.00 bits per heavy atom. The number of benzene rings is 1.